The molecular weight excluding hydrogens is 329 g/mol. The molecule has 0 fully saturated rings. The molecule has 0 saturated carbocycles. The fraction of sp³-hybridized carbons (Fsp3) is 0.200. The number of anilines is 1. The highest BCUT2D eigenvalue weighted by Crippen LogP contribution is 2.28. The van der Waals surface area contributed by atoms with Crippen LogP contribution >= 0.6 is 11.6 Å². The zero-order valence-electron chi connectivity index (χ0n) is 11.8. The Morgan fingerprint density at radius 2 is 1.86 bits per heavy atom. The third-order valence-corrected chi connectivity index (χ3v) is 4.46. The number of hydrogen-bond donors (Lipinski definition) is 1. The van der Waals surface area contributed by atoms with E-state index < -0.39 is 15.8 Å². The lowest BCUT2D eigenvalue weighted by atomic mass is 10.3. The van der Waals surface area contributed by atoms with Gasteiger partial charge in [-0.3, -0.25) is 4.72 Å². The summed E-state index contributed by atoms with van der Waals surface area (Å²) in [4.78, 5) is 0.0207. The third-order valence-electron chi connectivity index (χ3n) is 2.77. The Bertz CT molecular complexity index is 748. The lowest BCUT2D eigenvalue weighted by Crippen LogP contribution is -2.13. The van der Waals surface area contributed by atoms with Crippen molar-refractivity contribution in [3.8, 4) is 5.75 Å². The maximum atomic E-state index is 12.8. The van der Waals surface area contributed by atoms with E-state index in [9.17, 15) is 12.8 Å². The summed E-state index contributed by atoms with van der Waals surface area (Å²) < 4.78 is 45.3. The first-order chi connectivity index (χ1) is 10.4. The second-order valence-corrected chi connectivity index (χ2v) is 6.64. The summed E-state index contributed by atoms with van der Waals surface area (Å²) in [6, 6.07) is 9.25. The molecule has 0 aliphatic carbocycles. The zero-order chi connectivity index (χ0) is 16.2. The minimum Gasteiger partial charge on any atom is -0.492 e. The van der Waals surface area contributed by atoms with E-state index in [-0.39, 0.29) is 10.6 Å². The van der Waals surface area contributed by atoms with Crippen LogP contribution in [0.5, 0.6) is 5.75 Å². The summed E-state index contributed by atoms with van der Waals surface area (Å²) in [5, 5.41) is 0.342. The highest BCUT2D eigenvalue weighted by molar-refractivity contribution is 7.92. The fourth-order valence-corrected chi connectivity index (χ4v) is 2.95. The van der Waals surface area contributed by atoms with Crippen LogP contribution in [0.2, 0.25) is 5.02 Å². The lowest BCUT2D eigenvalue weighted by Gasteiger charge is -2.11. The molecule has 0 spiro atoms. The van der Waals surface area contributed by atoms with E-state index in [1.165, 1.54) is 42.5 Å². The average Bonchev–Trinajstić information content (AvgIpc) is 2.48. The number of benzene rings is 2. The molecule has 0 aliphatic heterocycles. The van der Waals surface area contributed by atoms with Crippen molar-refractivity contribution < 1.29 is 17.5 Å². The third kappa shape index (κ3) is 4.11. The second-order valence-electron chi connectivity index (χ2n) is 4.55. The Balaban J connectivity index is 2.27. The predicted octanol–water partition coefficient (Wildman–Crippen LogP) is 4.07. The van der Waals surface area contributed by atoms with E-state index >= 15 is 0 Å². The molecule has 0 radical (unpaired) electrons. The molecule has 0 aliphatic rings. The molecule has 1 N–H and O–H groups in total. The van der Waals surface area contributed by atoms with Gasteiger partial charge in [0.15, 0.2) is 0 Å². The van der Waals surface area contributed by atoms with E-state index in [2.05, 4.69) is 4.72 Å². The average molecular weight is 344 g/mol. The molecule has 0 atom stereocenters. The van der Waals surface area contributed by atoms with Gasteiger partial charge in [-0.05, 0) is 42.8 Å². The molecule has 7 heteroatoms. The highest BCUT2D eigenvalue weighted by Gasteiger charge is 2.16. The van der Waals surface area contributed by atoms with Crippen LogP contribution in [0.1, 0.15) is 13.3 Å². The number of hydrogen-bond acceptors (Lipinski definition) is 3. The van der Waals surface area contributed by atoms with Crippen LogP contribution in [-0.4, -0.2) is 15.0 Å². The molecule has 22 heavy (non-hydrogen) atoms. The summed E-state index contributed by atoms with van der Waals surface area (Å²) in [5.74, 6) is -0.129. The standard InChI is InChI=1S/C15H15ClFNO3S/c1-2-9-21-15-10-13(7-8-14(15)16)22(19,20)18-12-5-3-11(17)4-6-12/h3-8,10,18H,2,9H2,1H3. The number of halogens is 2. The van der Waals surface area contributed by atoms with E-state index in [0.29, 0.717) is 17.4 Å². The molecule has 0 amide bonds. The molecule has 0 bridgehead atoms. The van der Waals surface area contributed by atoms with Crippen LogP contribution < -0.4 is 9.46 Å². The van der Waals surface area contributed by atoms with Gasteiger partial charge in [0.05, 0.1) is 16.5 Å². The van der Waals surface area contributed by atoms with E-state index in [1.54, 1.807) is 0 Å². The Morgan fingerprint density at radius 3 is 2.50 bits per heavy atom. The van der Waals surface area contributed by atoms with Crippen molar-refractivity contribution in [1.29, 1.82) is 0 Å². The number of sulfonamides is 1. The molecule has 2 aromatic rings. The van der Waals surface area contributed by atoms with Crippen LogP contribution in [-0.2, 0) is 10.0 Å². The minimum absolute atomic E-state index is 0.0207. The summed E-state index contributed by atoms with van der Waals surface area (Å²) in [6.45, 7) is 2.37. The minimum atomic E-state index is -3.80. The van der Waals surface area contributed by atoms with Crippen molar-refractivity contribution in [1.82, 2.24) is 0 Å². The molecular formula is C15H15ClFNO3S. The maximum Gasteiger partial charge on any atom is 0.262 e. The number of rotatable bonds is 6. The van der Waals surface area contributed by atoms with Crippen LogP contribution in [0, 0.1) is 5.82 Å². The van der Waals surface area contributed by atoms with E-state index in [4.69, 9.17) is 16.3 Å². The van der Waals surface area contributed by atoms with Crippen molar-refractivity contribution in [3.63, 3.8) is 0 Å². The second kappa shape index (κ2) is 6.98. The summed E-state index contributed by atoms with van der Waals surface area (Å²) >= 11 is 5.98. The quantitative estimate of drug-likeness (QED) is 0.860. The first-order valence-corrected chi connectivity index (χ1v) is 8.49. The first-order valence-electron chi connectivity index (χ1n) is 6.63. The van der Waals surface area contributed by atoms with Gasteiger partial charge < -0.3 is 4.74 Å². The van der Waals surface area contributed by atoms with Gasteiger partial charge >= 0.3 is 0 Å². The van der Waals surface area contributed by atoms with Crippen LogP contribution in [0.3, 0.4) is 0 Å². The predicted molar refractivity (Wildman–Crippen MR) is 84.4 cm³/mol. The number of ether oxygens (including phenoxy) is 1. The molecule has 2 aromatic carbocycles. The fourth-order valence-electron chi connectivity index (χ4n) is 1.71. The molecule has 0 heterocycles. The molecule has 0 saturated heterocycles. The molecule has 0 aromatic heterocycles. The Labute approximate surface area is 133 Å². The zero-order valence-corrected chi connectivity index (χ0v) is 13.4. The Hall–Kier alpha value is -1.79. The first kappa shape index (κ1) is 16.6. The van der Waals surface area contributed by atoms with Crippen LogP contribution in [0.25, 0.3) is 0 Å². The van der Waals surface area contributed by atoms with Gasteiger partial charge in [-0.25, -0.2) is 12.8 Å². The topological polar surface area (TPSA) is 55.4 Å². The Kier molecular flexibility index (Phi) is 5.26. The molecule has 2 rings (SSSR count). The Morgan fingerprint density at radius 1 is 1.18 bits per heavy atom. The van der Waals surface area contributed by atoms with E-state index in [1.807, 2.05) is 6.92 Å². The van der Waals surface area contributed by atoms with Gasteiger partial charge in [0, 0.05) is 11.8 Å². The lowest BCUT2D eigenvalue weighted by molar-refractivity contribution is 0.317. The molecule has 0 unspecified atom stereocenters. The largest absolute Gasteiger partial charge is 0.492 e. The maximum absolute atomic E-state index is 12.8. The number of nitrogens with one attached hydrogen (secondary N) is 1. The SMILES string of the molecule is CCCOc1cc(S(=O)(=O)Nc2ccc(F)cc2)ccc1Cl. The van der Waals surface area contributed by atoms with Gasteiger partial charge in [-0.15, -0.1) is 0 Å². The summed E-state index contributed by atoms with van der Waals surface area (Å²) in [5.41, 5.74) is 0.271. The normalized spacial score (nSPS) is 11.2. The molecule has 4 nitrogen and oxygen atoms in total. The van der Waals surface area contributed by atoms with Gasteiger partial charge in [0.25, 0.3) is 10.0 Å². The summed E-state index contributed by atoms with van der Waals surface area (Å²) in [7, 11) is -3.80. The van der Waals surface area contributed by atoms with Crippen LogP contribution in [0.15, 0.2) is 47.4 Å². The smallest absolute Gasteiger partial charge is 0.262 e. The van der Waals surface area contributed by atoms with Crippen molar-refractivity contribution in [2.45, 2.75) is 18.2 Å². The van der Waals surface area contributed by atoms with Crippen molar-refractivity contribution in [2.24, 2.45) is 0 Å². The van der Waals surface area contributed by atoms with Crippen LogP contribution in [0.4, 0.5) is 10.1 Å². The van der Waals surface area contributed by atoms with E-state index in [0.717, 1.165) is 6.42 Å². The highest BCUT2D eigenvalue weighted by atomic mass is 35.5. The summed E-state index contributed by atoms with van der Waals surface area (Å²) in [6.07, 6.45) is 0.779. The van der Waals surface area contributed by atoms with Gasteiger partial charge in [-0.2, -0.15) is 0 Å². The van der Waals surface area contributed by atoms with Gasteiger partial charge in [0.2, 0.25) is 0 Å². The monoisotopic (exact) mass is 343 g/mol. The van der Waals surface area contributed by atoms with Gasteiger partial charge in [0.1, 0.15) is 11.6 Å². The van der Waals surface area contributed by atoms with Gasteiger partial charge in [-0.1, -0.05) is 18.5 Å². The molecule has 118 valence electrons. The van der Waals surface area contributed by atoms with Crippen molar-refractivity contribution >= 4 is 27.3 Å². The van der Waals surface area contributed by atoms with Crippen molar-refractivity contribution in [2.75, 3.05) is 11.3 Å². The van der Waals surface area contributed by atoms with Crippen molar-refractivity contribution in [3.05, 3.63) is 53.3 Å².